The molecular weight excluding hydrogens is 377 g/mol. The molecular formula is C22H24FNO5. The van der Waals surface area contributed by atoms with Crippen molar-refractivity contribution >= 4 is 5.91 Å². The fourth-order valence-electron chi connectivity index (χ4n) is 4.06. The topological polar surface area (TPSA) is 68.2 Å². The van der Waals surface area contributed by atoms with E-state index in [-0.39, 0.29) is 24.8 Å². The predicted octanol–water partition coefficient (Wildman–Crippen LogP) is 2.54. The van der Waals surface area contributed by atoms with E-state index in [0.29, 0.717) is 36.1 Å². The minimum absolute atomic E-state index is 0.101. The third-order valence-electron chi connectivity index (χ3n) is 5.67. The molecule has 2 heterocycles. The van der Waals surface area contributed by atoms with E-state index in [2.05, 4.69) is 0 Å². The Morgan fingerprint density at radius 3 is 2.66 bits per heavy atom. The first-order chi connectivity index (χ1) is 14.0. The molecule has 4 rings (SSSR count). The highest BCUT2D eigenvalue weighted by molar-refractivity contribution is 5.99. The smallest absolute Gasteiger partial charge is 0.255 e. The molecule has 7 heteroatoms. The standard InChI is InChI=1S/C22H24FNO5/c1-27-15-5-3-13(4-6-15)9-14-10-16-17(20(23)21(14)28-2)11-24(22(16)26)18-12-29-8-7-19(18)25/h3-6,10,18-19,25H,7-9,11-12H2,1-2H3. The lowest BCUT2D eigenvalue weighted by molar-refractivity contribution is -0.0529. The monoisotopic (exact) mass is 401 g/mol. The molecule has 1 fully saturated rings. The number of fused-ring (bicyclic) bond motifs is 1. The molecule has 0 spiro atoms. The van der Waals surface area contributed by atoms with E-state index in [0.717, 1.165) is 11.3 Å². The Kier molecular flexibility index (Phi) is 5.43. The second-order valence-electron chi connectivity index (χ2n) is 7.37. The molecule has 1 amide bonds. The van der Waals surface area contributed by atoms with Gasteiger partial charge in [0.05, 0.1) is 39.5 Å². The van der Waals surface area contributed by atoms with Crippen LogP contribution in [0.3, 0.4) is 0 Å². The normalized spacial score (nSPS) is 21.2. The van der Waals surface area contributed by atoms with Crippen LogP contribution in [0.2, 0.25) is 0 Å². The summed E-state index contributed by atoms with van der Waals surface area (Å²) in [6.07, 6.45) is 0.199. The average Bonchev–Trinajstić information content (AvgIpc) is 3.06. The summed E-state index contributed by atoms with van der Waals surface area (Å²) in [5.74, 6) is 0.0808. The molecule has 2 atom stereocenters. The number of benzene rings is 2. The minimum atomic E-state index is -0.675. The van der Waals surface area contributed by atoms with E-state index in [9.17, 15) is 9.90 Å². The number of ether oxygens (including phenoxy) is 3. The van der Waals surface area contributed by atoms with Crippen LogP contribution in [-0.2, 0) is 17.7 Å². The number of rotatable bonds is 5. The molecule has 0 aromatic heterocycles. The average molecular weight is 401 g/mol. The number of amides is 1. The fraction of sp³-hybridized carbons (Fsp3) is 0.409. The van der Waals surface area contributed by atoms with E-state index < -0.39 is 18.0 Å². The van der Waals surface area contributed by atoms with Crippen LogP contribution in [0.5, 0.6) is 11.5 Å². The minimum Gasteiger partial charge on any atom is -0.497 e. The van der Waals surface area contributed by atoms with E-state index in [1.807, 2.05) is 24.3 Å². The summed E-state index contributed by atoms with van der Waals surface area (Å²) < 4.78 is 31.2. The maximum absolute atomic E-state index is 15.2. The molecule has 0 bridgehead atoms. The molecule has 29 heavy (non-hydrogen) atoms. The molecule has 2 aliphatic rings. The number of carbonyl (C=O) groups excluding carboxylic acids is 1. The zero-order valence-corrected chi connectivity index (χ0v) is 16.5. The molecule has 6 nitrogen and oxygen atoms in total. The molecule has 154 valence electrons. The van der Waals surface area contributed by atoms with Crippen LogP contribution in [-0.4, -0.2) is 55.5 Å². The molecule has 0 saturated carbocycles. The highest BCUT2D eigenvalue weighted by Gasteiger charge is 2.40. The number of aliphatic hydroxyl groups is 1. The number of carbonyl (C=O) groups is 1. The van der Waals surface area contributed by atoms with Gasteiger partial charge in [-0.25, -0.2) is 4.39 Å². The Hall–Kier alpha value is -2.64. The highest BCUT2D eigenvalue weighted by Crippen LogP contribution is 2.37. The lowest BCUT2D eigenvalue weighted by Gasteiger charge is -2.34. The van der Waals surface area contributed by atoms with Gasteiger partial charge in [-0.05, 0) is 30.2 Å². The van der Waals surface area contributed by atoms with E-state index in [1.165, 1.54) is 12.0 Å². The van der Waals surface area contributed by atoms with Crippen LogP contribution in [0.4, 0.5) is 4.39 Å². The SMILES string of the molecule is COc1ccc(Cc2cc3c(c(F)c2OC)CN(C2COCCC2O)C3=O)cc1. The van der Waals surface area contributed by atoms with Gasteiger partial charge < -0.3 is 24.2 Å². The fourth-order valence-corrected chi connectivity index (χ4v) is 4.06. The Balaban J connectivity index is 1.66. The molecule has 1 N–H and O–H groups in total. The van der Waals surface area contributed by atoms with Gasteiger partial charge in [0.15, 0.2) is 11.6 Å². The van der Waals surface area contributed by atoms with Gasteiger partial charge >= 0.3 is 0 Å². The lowest BCUT2D eigenvalue weighted by atomic mass is 9.98. The van der Waals surface area contributed by atoms with Gasteiger partial charge in [-0.3, -0.25) is 4.79 Å². The molecule has 0 radical (unpaired) electrons. The first kappa shape index (κ1) is 19.7. The summed E-state index contributed by atoms with van der Waals surface area (Å²) in [5.41, 5.74) is 2.18. The number of nitrogens with zero attached hydrogens (tertiary/aromatic N) is 1. The second-order valence-corrected chi connectivity index (χ2v) is 7.37. The van der Waals surface area contributed by atoms with Crippen LogP contribution >= 0.6 is 0 Å². The first-order valence-corrected chi connectivity index (χ1v) is 9.61. The van der Waals surface area contributed by atoms with Gasteiger partial charge in [-0.2, -0.15) is 0 Å². The summed E-state index contributed by atoms with van der Waals surface area (Å²) in [6, 6.07) is 8.70. The maximum atomic E-state index is 15.2. The third-order valence-corrected chi connectivity index (χ3v) is 5.67. The van der Waals surface area contributed by atoms with Crippen molar-refractivity contribution in [1.29, 1.82) is 0 Å². The van der Waals surface area contributed by atoms with E-state index in [4.69, 9.17) is 14.2 Å². The molecule has 0 aliphatic carbocycles. The van der Waals surface area contributed by atoms with Crippen molar-refractivity contribution in [2.75, 3.05) is 27.4 Å². The van der Waals surface area contributed by atoms with Gasteiger partial charge in [-0.1, -0.05) is 12.1 Å². The van der Waals surface area contributed by atoms with Gasteiger partial charge in [0, 0.05) is 29.7 Å². The van der Waals surface area contributed by atoms with Crippen LogP contribution in [0, 0.1) is 5.82 Å². The quantitative estimate of drug-likeness (QED) is 0.834. The van der Waals surface area contributed by atoms with Crippen molar-refractivity contribution in [3.05, 3.63) is 58.4 Å². The molecule has 1 saturated heterocycles. The Morgan fingerprint density at radius 2 is 2.00 bits per heavy atom. The Bertz CT molecular complexity index is 914. The number of hydrogen-bond acceptors (Lipinski definition) is 5. The molecule has 2 aliphatic heterocycles. The van der Waals surface area contributed by atoms with Crippen LogP contribution in [0.1, 0.15) is 33.5 Å². The summed E-state index contributed by atoms with van der Waals surface area (Å²) in [5, 5.41) is 10.3. The second kappa shape index (κ2) is 8.00. The van der Waals surface area contributed by atoms with Crippen LogP contribution in [0.25, 0.3) is 0 Å². The van der Waals surface area contributed by atoms with Crippen molar-refractivity contribution in [2.24, 2.45) is 0 Å². The van der Waals surface area contributed by atoms with Gasteiger partial charge in [0.2, 0.25) is 0 Å². The summed E-state index contributed by atoms with van der Waals surface area (Å²) in [4.78, 5) is 14.5. The van der Waals surface area contributed by atoms with Crippen molar-refractivity contribution in [3.63, 3.8) is 0 Å². The first-order valence-electron chi connectivity index (χ1n) is 9.61. The van der Waals surface area contributed by atoms with Crippen LogP contribution < -0.4 is 9.47 Å². The largest absolute Gasteiger partial charge is 0.497 e. The number of aliphatic hydroxyl groups excluding tert-OH is 1. The third kappa shape index (κ3) is 3.56. The zero-order valence-electron chi connectivity index (χ0n) is 16.5. The zero-order chi connectivity index (χ0) is 20.5. The van der Waals surface area contributed by atoms with E-state index in [1.54, 1.807) is 13.2 Å². The van der Waals surface area contributed by atoms with Crippen molar-refractivity contribution in [1.82, 2.24) is 4.90 Å². The number of halogens is 1. The maximum Gasteiger partial charge on any atom is 0.255 e. The van der Waals surface area contributed by atoms with Crippen molar-refractivity contribution in [2.45, 2.75) is 31.5 Å². The van der Waals surface area contributed by atoms with Gasteiger partial charge in [0.1, 0.15) is 5.75 Å². The summed E-state index contributed by atoms with van der Waals surface area (Å²) in [6.45, 7) is 0.809. The summed E-state index contributed by atoms with van der Waals surface area (Å²) in [7, 11) is 3.02. The summed E-state index contributed by atoms with van der Waals surface area (Å²) >= 11 is 0. The predicted molar refractivity (Wildman–Crippen MR) is 104 cm³/mol. The molecule has 2 aromatic carbocycles. The van der Waals surface area contributed by atoms with E-state index >= 15 is 4.39 Å². The molecule has 2 aromatic rings. The molecule has 2 unspecified atom stereocenters. The Labute approximate surface area is 168 Å². The van der Waals surface area contributed by atoms with Crippen molar-refractivity contribution in [3.8, 4) is 11.5 Å². The number of methoxy groups -OCH3 is 2. The Morgan fingerprint density at radius 1 is 1.24 bits per heavy atom. The van der Waals surface area contributed by atoms with Gasteiger partial charge in [-0.15, -0.1) is 0 Å². The van der Waals surface area contributed by atoms with Gasteiger partial charge in [0.25, 0.3) is 5.91 Å². The lowest BCUT2D eigenvalue weighted by Crippen LogP contribution is -2.49. The van der Waals surface area contributed by atoms with Crippen molar-refractivity contribution < 1.29 is 28.5 Å². The number of hydrogen-bond donors (Lipinski definition) is 1. The van der Waals surface area contributed by atoms with Crippen LogP contribution in [0.15, 0.2) is 30.3 Å². The highest BCUT2D eigenvalue weighted by atomic mass is 19.1.